The molecule has 0 amide bonds. The van der Waals surface area contributed by atoms with Crippen molar-refractivity contribution >= 4 is 5.82 Å². The Balaban J connectivity index is 2.33. The summed E-state index contributed by atoms with van der Waals surface area (Å²) in [6, 6.07) is 2.18. The van der Waals surface area contributed by atoms with Crippen LogP contribution in [0.2, 0.25) is 0 Å². The van der Waals surface area contributed by atoms with E-state index in [1.54, 1.807) is 0 Å². The molecule has 2 aromatic rings. The summed E-state index contributed by atoms with van der Waals surface area (Å²) in [7, 11) is 0. The maximum atomic E-state index is 12.3. The zero-order chi connectivity index (χ0) is 12.5. The van der Waals surface area contributed by atoms with Gasteiger partial charge < -0.3 is 5.73 Å². The molecule has 0 aliphatic carbocycles. The number of aromatic nitrogens is 3. The molecule has 2 N–H and O–H groups in total. The highest BCUT2D eigenvalue weighted by atomic mass is 19.4. The van der Waals surface area contributed by atoms with Gasteiger partial charge in [-0.2, -0.15) is 13.2 Å². The highest BCUT2D eigenvalue weighted by Gasteiger charge is 2.32. The molecular weight excluding hydrogens is 233 g/mol. The van der Waals surface area contributed by atoms with Crippen molar-refractivity contribution < 1.29 is 13.2 Å². The fraction of sp³-hybridized carbons (Fsp3) is 0.100. The van der Waals surface area contributed by atoms with E-state index in [2.05, 4.69) is 15.0 Å². The average Bonchev–Trinajstić information content (AvgIpc) is 2.29. The zero-order valence-corrected chi connectivity index (χ0v) is 8.44. The average molecular weight is 240 g/mol. The molecule has 0 aromatic carbocycles. The molecule has 0 aliphatic heterocycles. The van der Waals surface area contributed by atoms with Gasteiger partial charge in [0.25, 0.3) is 0 Å². The maximum absolute atomic E-state index is 12.3. The summed E-state index contributed by atoms with van der Waals surface area (Å²) in [4.78, 5) is 11.0. The van der Waals surface area contributed by atoms with Crippen LogP contribution in [0.1, 0.15) is 5.69 Å². The lowest BCUT2D eigenvalue weighted by atomic mass is 10.2. The van der Waals surface area contributed by atoms with Crippen LogP contribution in [0.15, 0.2) is 30.7 Å². The predicted molar refractivity (Wildman–Crippen MR) is 54.7 cm³/mol. The van der Waals surface area contributed by atoms with Crippen LogP contribution in [0.25, 0.3) is 11.3 Å². The number of nitrogens with zero attached hydrogens (tertiary/aromatic N) is 3. The van der Waals surface area contributed by atoms with Crippen molar-refractivity contribution in [3.63, 3.8) is 0 Å². The third-order valence-electron chi connectivity index (χ3n) is 2.02. The monoisotopic (exact) mass is 240 g/mol. The second kappa shape index (κ2) is 4.00. The van der Waals surface area contributed by atoms with Crippen molar-refractivity contribution in [3.05, 3.63) is 36.4 Å². The van der Waals surface area contributed by atoms with Crippen molar-refractivity contribution in [3.8, 4) is 11.3 Å². The smallest absolute Gasteiger partial charge is 0.382 e. The lowest BCUT2D eigenvalue weighted by molar-refractivity contribution is -0.141. The molecule has 0 saturated heterocycles. The first-order valence-electron chi connectivity index (χ1n) is 4.58. The lowest BCUT2D eigenvalue weighted by Crippen LogP contribution is -2.07. The van der Waals surface area contributed by atoms with Crippen molar-refractivity contribution in [1.29, 1.82) is 0 Å². The van der Waals surface area contributed by atoms with Gasteiger partial charge in [0.1, 0.15) is 11.5 Å². The van der Waals surface area contributed by atoms with Crippen molar-refractivity contribution in [2.75, 3.05) is 5.73 Å². The van der Waals surface area contributed by atoms with Gasteiger partial charge in [-0.05, 0) is 12.1 Å². The summed E-state index contributed by atoms with van der Waals surface area (Å²) in [5.41, 5.74) is 5.27. The Morgan fingerprint density at radius 3 is 2.18 bits per heavy atom. The minimum Gasteiger partial charge on any atom is -0.382 e. The van der Waals surface area contributed by atoms with E-state index in [9.17, 15) is 13.2 Å². The number of nitrogen functional groups attached to an aromatic ring is 1. The molecule has 2 aromatic heterocycles. The molecule has 0 fully saturated rings. The third kappa shape index (κ3) is 2.49. The third-order valence-corrected chi connectivity index (χ3v) is 2.02. The van der Waals surface area contributed by atoms with E-state index < -0.39 is 11.9 Å². The molecule has 0 bridgehead atoms. The molecular formula is C10H7F3N4. The van der Waals surface area contributed by atoms with Gasteiger partial charge >= 0.3 is 6.18 Å². The van der Waals surface area contributed by atoms with Gasteiger partial charge in [0.15, 0.2) is 0 Å². The second-order valence-electron chi connectivity index (χ2n) is 3.26. The summed E-state index contributed by atoms with van der Waals surface area (Å²) in [6.07, 6.45) is -0.638. The van der Waals surface area contributed by atoms with Gasteiger partial charge in [0.2, 0.25) is 0 Å². The van der Waals surface area contributed by atoms with Gasteiger partial charge in [0.05, 0.1) is 18.1 Å². The number of rotatable bonds is 1. The van der Waals surface area contributed by atoms with Gasteiger partial charge in [-0.1, -0.05) is 0 Å². The molecule has 0 spiro atoms. The van der Waals surface area contributed by atoms with Crippen LogP contribution in [-0.2, 0) is 6.18 Å². The van der Waals surface area contributed by atoms with Gasteiger partial charge in [-0.25, -0.2) is 4.98 Å². The Bertz CT molecular complexity index is 505. The summed E-state index contributed by atoms with van der Waals surface area (Å²) >= 11 is 0. The Morgan fingerprint density at radius 2 is 1.71 bits per heavy atom. The number of pyridine rings is 1. The second-order valence-corrected chi connectivity index (χ2v) is 3.26. The SMILES string of the molecule is Nc1cnc(-c2ccc(C(F)(F)F)nc2)cn1. The number of nitrogens with two attached hydrogens (primary N) is 1. The molecule has 4 nitrogen and oxygen atoms in total. The van der Waals surface area contributed by atoms with Crippen LogP contribution in [0, 0.1) is 0 Å². The van der Waals surface area contributed by atoms with E-state index in [4.69, 9.17) is 5.73 Å². The predicted octanol–water partition coefficient (Wildman–Crippen LogP) is 2.14. The van der Waals surface area contributed by atoms with E-state index in [0.29, 0.717) is 11.3 Å². The number of alkyl halides is 3. The lowest BCUT2D eigenvalue weighted by Gasteiger charge is -2.06. The largest absolute Gasteiger partial charge is 0.433 e. The van der Waals surface area contributed by atoms with Crippen molar-refractivity contribution in [2.24, 2.45) is 0 Å². The van der Waals surface area contributed by atoms with Gasteiger partial charge in [-0.3, -0.25) is 9.97 Å². The molecule has 0 saturated carbocycles. The van der Waals surface area contributed by atoms with Gasteiger partial charge in [0, 0.05) is 11.8 Å². The normalized spacial score (nSPS) is 11.5. The molecule has 2 rings (SSSR count). The topological polar surface area (TPSA) is 64.7 Å². The number of anilines is 1. The molecule has 0 unspecified atom stereocenters. The van der Waals surface area contributed by atoms with Crippen LogP contribution in [0.3, 0.4) is 0 Å². The molecule has 0 atom stereocenters. The quantitative estimate of drug-likeness (QED) is 0.829. The van der Waals surface area contributed by atoms with Crippen molar-refractivity contribution in [1.82, 2.24) is 15.0 Å². The van der Waals surface area contributed by atoms with E-state index in [-0.39, 0.29) is 5.82 Å². The minimum atomic E-state index is -4.44. The fourth-order valence-electron chi connectivity index (χ4n) is 1.20. The Labute approximate surface area is 94.3 Å². The first kappa shape index (κ1) is 11.3. The molecule has 88 valence electrons. The Kier molecular flexibility index (Phi) is 2.66. The zero-order valence-electron chi connectivity index (χ0n) is 8.44. The summed E-state index contributed by atoms with van der Waals surface area (Å²) in [6.45, 7) is 0. The van der Waals surface area contributed by atoms with E-state index in [1.807, 2.05) is 0 Å². The molecule has 0 aliphatic rings. The number of hydrogen-bond acceptors (Lipinski definition) is 4. The Hall–Kier alpha value is -2.18. The van der Waals surface area contributed by atoms with E-state index in [1.165, 1.54) is 18.5 Å². The first-order valence-corrected chi connectivity index (χ1v) is 4.58. The molecule has 0 radical (unpaired) electrons. The van der Waals surface area contributed by atoms with Crippen LogP contribution in [-0.4, -0.2) is 15.0 Å². The maximum Gasteiger partial charge on any atom is 0.433 e. The van der Waals surface area contributed by atoms with E-state index in [0.717, 1.165) is 12.3 Å². The molecule has 17 heavy (non-hydrogen) atoms. The first-order chi connectivity index (χ1) is 7.97. The summed E-state index contributed by atoms with van der Waals surface area (Å²) in [5, 5.41) is 0. The molecule has 2 heterocycles. The van der Waals surface area contributed by atoms with Crippen LogP contribution in [0.4, 0.5) is 19.0 Å². The number of hydrogen-bond donors (Lipinski definition) is 1. The van der Waals surface area contributed by atoms with Crippen LogP contribution >= 0.6 is 0 Å². The highest BCUT2D eigenvalue weighted by Crippen LogP contribution is 2.28. The van der Waals surface area contributed by atoms with Gasteiger partial charge in [-0.15, -0.1) is 0 Å². The summed E-state index contributed by atoms with van der Waals surface area (Å²) in [5.74, 6) is 0.244. The van der Waals surface area contributed by atoms with Crippen LogP contribution < -0.4 is 5.73 Å². The minimum absolute atomic E-state index is 0.244. The molecule has 7 heteroatoms. The van der Waals surface area contributed by atoms with E-state index >= 15 is 0 Å². The summed E-state index contributed by atoms with van der Waals surface area (Å²) < 4.78 is 36.8. The standard InChI is InChI=1S/C10H7F3N4/c11-10(12,13)8-2-1-6(3-16-8)7-4-17-9(14)5-15-7/h1-5H,(H2,14,17). The fourth-order valence-corrected chi connectivity index (χ4v) is 1.20. The van der Waals surface area contributed by atoms with Crippen molar-refractivity contribution in [2.45, 2.75) is 6.18 Å². The highest BCUT2D eigenvalue weighted by molar-refractivity contribution is 5.57. The Morgan fingerprint density at radius 1 is 0.941 bits per heavy atom. The van der Waals surface area contributed by atoms with Crippen LogP contribution in [0.5, 0.6) is 0 Å². The number of halogens is 3.